The number of para-hydroxylation sites is 2. The second kappa shape index (κ2) is 6.88. The molecule has 0 saturated heterocycles. The van der Waals surface area contributed by atoms with Crippen LogP contribution in [0.2, 0.25) is 0 Å². The molecule has 0 aliphatic heterocycles. The van der Waals surface area contributed by atoms with Crippen LogP contribution in [0.5, 0.6) is 0 Å². The predicted octanol–water partition coefficient (Wildman–Crippen LogP) is 1.86. The van der Waals surface area contributed by atoms with Crippen molar-refractivity contribution in [1.82, 2.24) is 24.8 Å². The van der Waals surface area contributed by atoms with E-state index < -0.39 is 0 Å². The largest absolute Gasteiger partial charge is 0.322 e. The minimum Gasteiger partial charge on any atom is -0.322 e. The molecule has 0 fully saturated rings. The first-order chi connectivity index (χ1) is 11.5. The molecule has 1 aromatic carbocycles. The molecule has 0 bridgehead atoms. The van der Waals surface area contributed by atoms with Crippen LogP contribution < -0.4 is 5.43 Å². The van der Waals surface area contributed by atoms with Crippen molar-refractivity contribution in [2.75, 3.05) is 5.75 Å². The highest BCUT2D eigenvalue weighted by Crippen LogP contribution is 2.22. The van der Waals surface area contributed by atoms with Crippen LogP contribution in [0.15, 0.2) is 40.7 Å². The summed E-state index contributed by atoms with van der Waals surface area (Å²) < 4.78 is 3.69. The zero-order valence-electron chi connectivity index (χ0n) is 13.7. The quantitative estimate of drug-likeness (QED) is 0.436. The number of aryl methyl sites for hydroxylation is 3. The number of aromatic nitrogens is 4. The summed E-state index contributed by atoms with van der Waals surface area (Å²) in [6.07, 6.45) is 3.44. The molecule has 24 heavy (non-hydrogen) atoms. The van der Waals surface area contributed by atoms with Crippen molar-refractivity contribution in [3.05, 3.63) is 41.7 Å². The first-order valence-corrected chi connectivity index (χ1v) is 8.39. The van der Waals surface area contributed by atoms with Gasteiger partial charge in [-0.1, -0.05) is 23.9 Å². The monoisotopic (exact) mass is 342 g/mol. The van der Waals surface area contributed by atoms with E-state index in [1.807, 2.05) is 56.0 Å². The summed E-state index contributed by atoms with van der Waals surface area (Å²) in [7, 11) is 3.79. The molecule has 3 rings (SSSR count). The highest BCUT2D eigenvalue weighted by Gasteiger charge is 2.09. The number of nitrogens with zero attached hydrogens (tertiary/aromatic N) is 5. The Morgan fingerprint density at radius 1 is 1.38 bits per heavy atom. The van der Waals surface area contributed by atoms with Crippen LogP contribution in [-0.4, -0.2) is 37.2 Å². The van der Waals surface area contributed by atoms with E-state index in [0.717, 1.165) is 27.4 Å². The van der Waals surface area contributed by atoms with E-state index in [9.17, 15) is 4.79 Å². The van der Waals surface area contributed by atoms with E-state index >= 15 is 0 Å². The first kappa shape index (κ1) is 16.3. The van der Waals surface area contributed by atoms with Gasteiger partial charge in [-0.3, -0.25) is 9.48 Å². The Labute approximate surface area is 143 Å². The molecule has 0 spiro atoms. The molecular formula is C16H18N6OS. The Kier molecular flexibility index (Phi) is 4.66. The summed E-state index contributed by atoms with van der Waals surface area (Å²) in [5.74, 6) is 0.0745. The molecule has 2 heterocycles. The fourth-order valence-corrected chi connectivity index (χ4v) is 3.11. The number of benzene rings is 1. The molecule has 1 amide bonds. The van der Waals surface area contributed by atoms with Crippen LogP contribution in [0.4, 0.5) is 0 Å². The minimum absolute atomic E-state index is 0.176. The van der Waals surface area contributed by atoms with Crippen molar-refractivity contribution in [2.45, 2.75) is 12.1 Å². The second-order valence-electron chi connectivity index (χ2n) is 5.37. The number of nitrogens with one attached hydrogen (secondary N) is 1. The topological polar surface area (TPSA) is 77.1 Å². The van der Waals surface area contributed by atoms with Crippen molar-refractivity contribution in [3.63, 3.8) is 0 Å². The molecule has 0 aliphatic rings. The summed E-state index contributed by atoms with van der Waals surface area (Å²) in [6, 6.07) is 7.89. The van der Waals surface area contributed by atoms with Gasteiger partial charge in [-0.05, 0) is 19.1 Å². The fraction of sp³-hybridized carbons (Fsp3) is 0.250. The van der Waals surface area contributed by atoms with Crippen LogP contribution in [0.3, 0.4) is 0 Å². The zero-order chi connectivity index (χ0) is 17.1. The SMILES string of the molecule is Cc1nn(C)cc1/C=N/NC(=O)CSc1nc2ccccc2n1C. The number of amides is 1. The van der Waals surface area contributed by atoms with Crippen molar-refractivity contribution in [2.24, 2.45) is 19.2 Å². The molecule has 3 aromatic rings. The smallest absolute Gasteiger partial charge is 0.250 e. The zero-order valence-corrected chi connectivity index (χ0v) is 14.5. The summed E-state index contributed by atoms with van der Waals surface area (Å²) in [5.41, 5.74) is 6.24. The van der Waals surface area contributed by atoms with Crippen LogP contribution in [0.1, 0.15) is 11.3 Å². The molecule has 0 unspecified atom stereocenters. The molecule has 0 radical (unpaired) electrons. The van der Waals surface area contributed by atoms with Gasteiger partial charge >= 0.3 is 0 Å². The molecule has 0 saturated carbocycles. The lowest BCUT2D eigenvalue weighted by Gasteiger charge is -2.01. The van der Waals surface area contributed by atoms with Crippen molar-refractivity contribution in [1.29, 1.82) is 0 Å². The Bertz CT molecular complexity index is 911. The van der Waals surface area contributed by atoms with Gasteiger partial charge in [0.1, 0.15) is 0 Å². The van der Waals surface area contributed by atoms with Gasteiger partial charge in [0.05, 0.1) is 28.7 Å². The van der Waals surface area contributed by atoms with Gasteiger partial charge < -0.3 is 4.57 Å². The molecule has 1 N–H and O–H groups in total. The standard InChI is InChI=1S/C16H18N6OS/c1-11-12(9-21(2)20-11)8-17-19-15(23)10-24-16-18-13-6-4-5-7-14(13)22(16)3/h4-9H,10H2,1-3H3,(H,19,23)/b17-8+. The molecule has 124 valence electrons. The maximum atomic E-state index is 11.9. The number of hydrogen-bond donors (Lipinski definition) is 1. The number of carbonyl (C=O) groups is 1. The van der Waals surface area contributed by atoms with Crippen molar-refractivity contribution in [3.8, 4) is 0 Å². The third-order valence-electron chi connectivity index (χ3n) is 3.52. The van der Waals surface area contributed by atoms with E-state index in [0.29, 0.717) is 0 Å². The second-order valence-corrected chi connectivity index (χ2v) is 6.31. The number of carbonyl (C=O) groups excluding carboxylic acids is 1. The Balaban J connectivity index is 1.57. The maximum Gasteiger partial charge on any atom is 0.250 e. The molecular weight excluding hydrogens is 324 g/mol. The summed E-state index contributed by atoms with van der Waals surface area (Å²) in [4.78, 5) is 16.4. The number of hydrogen-bond acceptors (Lipinski definition) is 5. The first-order valence-electron chi connectivity index (χ1n) is 7.41. The third-order valence-corrected chi connectivity index (χ3v) is 4.55. The van der Waals surface area contributed by atoms with E-state index in [2.05, 4.69) is 20.6 Å². The Morgan fingerprint density at radius 2 is 2.17 bits per heavy atom. The number of hydrazone groups is 1. The lowest BCUT2D eigenvalue weighted by molar-refractivity contribution is -0.118. The number of fused-ring (bicyclic) bond motifs is 1. The van der Waals surface area contributed by atoms with Gasteiger partial charge in [-0.2, -0.15) is 10.2 Å². The lowest BCUT2D eigenvalue weighted by atomic mass is 10.3. The van der Waals surface area contributed by atoms with E-state index in [1.54, 1.807) is 10.9 Å². The molecule has 8 heteroatoms. The molecule has 2 aromatic heterocycles. The van der Waals surface area contributed by atoms with Crippen LogP contribution in [-0.2, 0) is 18.9 Å². The summed E-state index contributed by atoms with van der Waals surface area (Å²) in [5, 5.41) is 8.99. The van der Waals surface area contributed by atoms with Gasteiger partial charge in [0.15, 0.2) is 5.16 Å². The maximum absolute atomic E-state index is 11.9. The minimum atomic E-state index is -0.176. The average Bonchev–Trinajstić information content (AvgIpc) is 3.05. The number of thioether (sulfide) groups is 1. The van der Waals surface area contributed by atoms with Crippen LogP contribution in [0.25, 0.3) is 11.0 Å². The van der Waals surface area contributed by atoms with Gasteiger partial charge in [0.25, 0.3) is 5.91 Å². The molecule has 0 atom stereocenters. The van der Waals surface area contributed by atoms with E-state index in [4.69, 9.17) is 0 Å². The average molecular weight is 342 g/mol. The van der Waals surface area contributed by atoms with Crippen LogP contribution in [0, 0.1) is 6.92 Å². The third kappa shape index (κ3) is 3.48. The van der Waals surface area contributed by atoms with Crippen molar-refractivity contribution >= 4 is 34.9 Å². The highest BCUT2D eigenvalue weighted by molar-refractivity contribution is 7.99. The Morgan fingerprint density at radius 3 is 2.88 bits per heavy atom. The number of imidazole rings is 1. The highest BCUT2D eigenvalue weighted by atomic mass is 32.2. The predicted molar refractivity (Wildman–Crippen MR) is 95.1 cm³/mol. The molecule has 0 aliphatic carbocycles. The van der Waals surface area contributed by atoms with Gasteiger partial charge in [0.2, 0.25) is 0 Å². The Hall–Kier alpha value is -2.61. The van der Waals surface area contributed by atoms with Gasteiger partial charge in [0, 0.05) is 25.9 Å². The summed E-state index contributed by atoms with van der Waals surface area (Å²) in [6.45, 7) is 1.89. The summed E-state index contributed by atoms with van der Waals surface area (Å²) >= 11 is 1.38. The number of rotatable bonds is 5. The lowest BCUT2D eigenvalue weighted by Crippen LogP contribution is -2.19. The van der Waals surface area contributed by atoms with Gasteiger partial charge in [-0.15, -0.1) is 0 Å². The van der Waals surface area contributed by atoms with Gasteiger partial charge in [-0.25, -0.2) is 10.4 Å². The van der Waals surface area contributed by atoms with E-state index in [1.165, 1.54) is 11.8 Å². The molecule has 7 nitrogen and oxygen atoms in total. The van der Waals surface area contributed by atoms with Crippen LogP contribution >= 0.6 is 11.8 Å². The normalized spacial score (nSPS) is 11.5. The van der Waals surface area contributed by atoms with E-state index in [-0.39, 0.29) is 11.7 Å². The fourth-order valence-electron chi connectivity index (χ4n) is 2.33. The van der Waals surface area contributed by atoms with Crippen molar-refractivity contribution < 1.29 is 4.79 Å².